The standard InChI is InChI=1S/C52H102O4/c1-3-5-7-9-11-13-15-25-29-33-37-41-45-49-55-51(53)47-43-39-35-31-27-23-21-19-17-18-20-22-24-28-32-36-40-44-48-52(54)56-50-46-42-38-34-30-26-16-14-12-10-8-6-4-2/h3-50H2,1-2H3. The molecule has 4 nitrogen and oxygen atoms in total. The van der Waals surface area contributed by atoms with Crippen LogP contribution < -0.4 is 0 Å². The summed E-state index contributed by atoms with van der Waals surface area (Å²) in [4.78, 5) is 24.0. The predicted octanol–water partition coefficient (Wildman–Crippen LogP) is 18.1. The van der Waals surface area contributed by atoms with Crippen molar-refractivity contribution in [2.75, 3.05) is 13.2 Å². The molecule has 0 atom stereocenters. The highest BCUT2D eigenvalue weighted by atomic mass is 16.5. The van der Waals surface area contributed by atoms with Crippen LogP contribution in [0.2, 0.25) is 0 Å². The fourth-order valence-corrected chi connectivity index (χ4v) is 8.12. The Morgan fingerprint density at radius 2 is 0.393 bits per heavy atom. The summed E-state index contributed by atoms with van der Waals surface area (Å²) in [5.74, 6) is 0.0364. The summed E-state index contributed by atoms with van der Waals surface area (Å²) in [6.07, 6.45) is 59.5. The zero-order valence-corrected chi connectivity index (χ0v) is 38.6. The van der Waals surface area contributed by atoms with Crippen molar-refractivity contribution in [1.82, 2.24) is 0 Å². The van der Waals surface area contributed by atoms with Crippen molar-refractivity contribution in [2.24, 2.45) is 0 Å². The van der Waals surface area contributed by atoms with Crippen LogP contribution in [-0.2, 0) is 19.1 Å². The van der Waals surface area contributed by atoms with E-state index in [2.05, 4.69) is 13.8 Å². The topological polar surface area (TPSA) is 52.6 Å². The molecule has 0 fully saturated rings. The molecular formula is C52H102O4. The number of hydrogen-bond acceptors (Lipinski definition) is 4. The molecule has 0 unspecified atom stereocenters. The molecule has 56 heavy (non-hydrogen) atoms. The van der Waals surface area contributed by atoms with Crippen molar-refractivity contribution in [3.8, 4) is 0 Å². The Kier molecular flexibility index (Phi) is 49.1. The molecule has 0 aromatic rings. The first-order chi connectivity index (χ1) is 27.7. The average molecular weight is 791 g/mol. The van der Waals surface area contributed by atoms with Crippen molar-refractivity contribution in [3.63, 3.8) is 0 Å². The van der Waals surface area contributed by atoms with Crippen LogP contribution in [-0.4, -0.2) is 25.2 Å². The summed E-state index contributed by atoms with van der Waals surface area (Å²) >= 11 is 0. The highest BCUT2D eigenvalue weighted by Crippen LogP contribution is 2.17. The molecule has 0 N–H and O–H groups in total. The first-order valence-corrected chi connectivity index (χ1v) is 26.0. The van der Waals surface area contributed by atoms with Crippen LogP contribution in [0.25, 0.3) is 0 Å². The van der Waals surface area contributed by atoms with Crippen molar-refractivity contribution >= 4 is 11.9 Å². The third-order valence-corrected chi connectivity index (χ3v) is 12.0. The van der Waals surface area contributed by atoms with Crippen molar-refractivity contribution < 1.29 is 19.1 Å². The average Bonchev–Trinajstić information content (AvgIpc) is 3.20. The predicted molar refractivity (Wildman–Crippen MR) is 246 cm³/mol. The second-order valence-corrected chi connectivity index (χ2v) is 17.8. The smallest absolute Gasteiger partial charge is 0.305 e. The Hall–Kier alpha value is -1.06. The number of carbonyl (C=O) groups excluding carboxylic acids is 2. The van der Waals surface area contributed by atoms with E-state index in [1.54, 1.807) is 0 Å². The molecule has 0 heterocycles. The monoisotopic (exact) mass is 791 g/mol. The molecular weight excluding hydrogens is 689 g/mol. The fraction of sp³-hybridized carbons (Fsp3) is 0.962. The molecule has 4 heteroatoms. The van der Waals surface area contributed by atoms with Gasteiger partial charge in [-0.3, -0.25) is 9.59 Å². The van der Waals surface area contributed by atoms with E-state index in [0.717, 1.165) is 25.7 Å². The van der Waals surface area contributed by atoms with Gasteiger partial charge in [-0.05, 0) is 25.7 Å². The van der Waals surface area contributed by atoms with Gasteiger partial charge in [0.05, 0.1) is 13.2 Å². The third kappa shape index (κ3) is 49.1. The summed E-state index contributed by atoms with van der Waals surface area (Å²) < 4.78 is 10.9. The summed E-state index contributed by atoms with van der Waals surface area (Å²) in [6, 6.07) is 0. The van der Waals surface area contributed by atoms with E-state index in [1.807, 2.05) is 0 Å². The maximum absolute atomic E-state index is 12.0. The van der Waals surface area contributed by atoms with E-state index in [0.29, 0.717) is 26.1 Å². The first kappa shape index (κ1) is 54.9. The third-order valence-electron chi connectivity index (χ3n) is 12.0. The Morgan fingerprint density at radius 1 is 0.232 bits per heavy atom. The molecule has 0 radical (unpaired) electrons. The lowest BCUT2D eigenvalue weighted by Crippen LogP contribution is -2.05. The van der Waals surface area contributed by atoms with Gasteiger partial charge < -0.3 is 9.47 Å². The second kappa shape index (κ2) is 50.1. The minimum Gasteiger partial charge on any atom is -0.466 e. The molecule has 0 aliphatic carbocycles. The highest BCUT2D eigenvalue weighted by Gasteiger charge is 2.04. The summed E-state index contributed by atoms with van der Waals surface area (Å²) in [6.45, 7) is 5.81. The second-order valence-electron chi connectivity index (χ2n) is 17.8. The largest absolute Gasteiger partial charge is 0.466 e. The normalized spacial score (nSPS) is 11.4. The Morgan fingerprint density at radius 3 is 0.589 bits per heavy atom. The van der Waals surface area contributed by atoms with E-state index in [4.69, 9.17) is 9.47 Å². The quantitative estimate of drug-likeness (QED) is 0.0455. The van der Waals surface area contributed by atoms with Gasteiger partial charge in [0.25, 0.3) is 0 Å². The Balaban J connectivity index is 3.19. The van der Waals surface area contributed by atoms with Crippen LogP contribution in [0.5, 0.6) is 0 Å². The summed E-state index contributed by atoms with van der Waals surface area (Å²) in [5.41, 5.74) is 0. The number of carbonyl (C=O) groups is 2. The molecule has 0 spiro atoms. The minimum atomic E-state index is 0.0182. The number of hydrogen-bond donors (Lipinski definition) is 0. The SMILES string of the molecule is CCCCCCCCCCCCCCCOC(=O)CCCCCCCCCCCCCCCCCCCCC(=O)OCCCCCCCCCCCCCCC. The summed E-state index contributed by atoms with van der Waals surface area (Å²) in [5, 5.41) is 0. The molecule has 0 rings (SSSR count). The van der Waals surface area contributed by atoms with Gasteiger partial charge in [-0.2, -0.15) is 0 Å². The van der Waals surface area contributed by atoms with Crippen LogP contribution in [0.1, 0.15) is 309 Å². The lowest BCUT2D eigenvalue weighted by atomic mass is 10.0. The molecule has 0 aliphatic rings. The van der Waals surface area contributed by atoms with Crippen molar-refractivity contribution in [1.29, 1.82) is 0 Å². The van der Waals surface area contributed by atoms with E-state index in [-0.39, 0.29) is 11.9 Å². The zero-order chi connectivity index (χ0) is 40.5. The first-order valence-electron chi connectivity index (χ1n) is 26.0. The molecule has 0 bridgehead atoms. The lowest BCUT2D eigenvalue weighted by molar-refractivity contribution is -0.144. The molecule has 334 valence electrons. The number of ether oxygens (including phenoxy) is 2. The van der Waals surface area contributed by atoms with Gasteiger partial charge >= 0.3 is 11.9 Å². The Bertz CT molecular complexity index is 689. The van der Waals surface area contributed by atoms with Crippen LogP contribution >= 0.6 is 0 Å². The van der Waals surface area contributed by atoms with E-state index in [1.165, 1.54) is 257 Å². The van der Waals surface area contributed by atoms with Crippen LogP contribution in [0.3, 0.4) is 0 Å². The number of rotatable bonds is 49. The van der Waals surface area contributed by atoms with Crippen LogP contribution in [0.4, 0.5) is 0 Å². The molecule has 0 aromatic carbocycles. The van der Waals surface area contributed by atoms with E-state index >= 15 is 0 Å². The van der Waals surface area contributed by atoms with Crippen LogP contribution in [0.15, 0.2) is 0 Å². The highest BCUT2D eigenvalue weighted by molar-refractivity contribution is 5.69. The van der Waals surface area contributed by atoms with Gasteiger partial charge in [0.15, 0.2) is 0 Å². The molecule has 0 aromatic heterocycles. The number of unbranched alkanes of at least 4 members (excludes halogenated alkanes) is 41. The van der Waals surface area contributed by atoms with Gasteiger partial charge in [-0.1, -0.05) is 271 Å². The maximum Gasteiger partial charge on any atom is 0.305 e. The molecule has 0 amide bonds. The molecule has 0 saturated carbocycles. The van der Waals surface area contributed by atoms with Gasteiger partial charge in [-0.15, -0.1) is 0 Å². The maximum atomic E-state index is 12.0. The van der Waals surface area contributed by atoms with Crippen molar-refractivity contribution in [3.05, 3.63) is 0 Å². The van der Waals surface area contributed by atoms with Crippen molar-refractivity contribution in [2.45, 2.75) is 309 Å². The van der Waals surface area contributed by atoms with E-state index in [9.17, 15) is 9.59 Å². The van der Waals surface area contributed by atoms with Gasteiger partial charge in [0.1, 0.15) is 0 Å². The lowest BCUT2D eigenvalue weighted by Gasteiger charge is -2.06. The van der Waals surface area contributed by atoms with Crippen LogP contribution in [0, 0.1) is 0 Å². The summed E-state index contributed by atoms with van der Waals surface area (Å²) in [7, 11) is 0. The van der Waals surface area contributed by atoms with Gasteiger partial charge in [0.2, 0.25) is 0 Å². The zero-order valence-electron chi connectivity index (χ0n) is 38.6. The Labute approximate surface area is 352 Å². The van der Waals surface area contributed by atoms with Gasteiger partial charge in [0, 0.05) is 12.8 Å². The van der Waals surface area contributed by atoms with E-state index < -0.39 is 0 Å². The molecule has 0 aliphatic heterocycles. The molecule has 0 saturated heterocycles. The fourth-order valence-electron chi connectivity index (χ4n) is 8.12. The van der Waals surface area contributed by atoms with Gasteiger partial charge in [-0.25, -0.2) is 0 Å². The number of esters is 2. The minimum absolute atomic E-state index is 0.0182.